The summed E-state index contributed by atoms with van der Waals surface area (Å²) in [7, 11) is 0. The minimum absolute atomic E-state index is 0.297. The van der Waals surface area contributed by atoms with Gasteiger partial charge in [-0.25, -0.2) is 4.39 Å². The zero-order chi connectivity index (χ0) is 14.0. The Morgan fingerprint density at radius 2 is 1.95 bits per heavy atom. The first-order valence-corrected chi connectivity index (χ1v) is 7.16. The van der Waals surface area contributed by atoms with Gasteiger partial charge in [0.2, 0.25) is 0 Å². The topological polar surface area (TPSA) is 26.0 Å². The molecule has 5 heteroatoms. The van der Waals surface area contributed by atoms with Crippen molar-refractivity contribution in [2.75, 3.05) is 0 Å². The Morgan fingerprint density at radius 3 is 2.63 bits per heavy atom. The van der Waals surface area contributed by atoms with Crippen molar-refractivity contribution in [1.82, 2.24) is 0 Å². The van der Waals surface area contributed by atoms with Crippen LogP contribution < -0.4 is 5.73 Å². The van der Waals surface area contributed by atoms with Gasteiger partial charge in [0, 0.05) is 10.5 Å². The van der Waals surface area contributed by atoms with Gasteiger partial charge in [-0.15, -0.1) is 0 Å². The van der Waals surface area contributed by atoms with Crippen molar-refractivity contribution >= 4 is 39.1 Å². The Morgan fingerprint density at radius 1 is 1.21 bits per heavy atom. The third-order valence-corrected chi connectivity index (χ3v) is 4.05. The fraction of sp³-hybridized carbons (Fsp3) is 0.143. The second kappa shape index (κ2) is 6.23. The maximum atomic E-state index is 13.3. The quantitative estimate of drug-likeness (QED) is 0.803. The average Bonchev–Trinajstić information content (AvgIpc) is 2.31. The van der Waals surface area contributed by atoms with Gasteiger partial charge < -0.3 is 5.73 Å². The van der Waals surface area contributed by atoms with E-state index in [1.165, 1.54) is 12.1 Å². The van der Waals surface area contributed by atoms with E-state index in [0.29, 0.717) is 20.9 Å². The third-order valence-electron chi connectivity index (χ3n) is 2.76. The van der Waals surface area contributed by atoms with Crippen LogP contribution in [-0.4, -0.2) is 0 Å². The van der Waals surface area contributed by atoms with Crippen molar-refractivity contribution in [3.05, 3.63) is 67.9 Å². The van der Waals surface area contributed by atoms with E-state index in [4.69, 9.17) is 28.9 Å². The van der Waals surface area contributed by atoms with Crippen molar-refractivity contribution in [3.63, 3.8) is 0 Å². The van der Waals surface area contributed by atoms with Gasteiger partial charge in [0.1, 0.15) is 5.82 Å². The summed E-state index contributed by atoms with van der Waals surface area (Å²) in [6.45, 7) is 0. The summed E-state index contributed by atoms with van der Waals surface area (Å²) < 4.78 is 14.0. The molecular formula is C14H11BrCl2FN. The zero-order valence-electron chi connectivity index (χ0n) is 9.84. The summed E-state index contributed by atoms with van der Waals surface area (Å²) in [5.74, 6) is -0.297. The van der Waals surface area contributed by atoms with Gasteiger partial charge in [-0.2, -0.15) is 0 Å². The molecule has 0 radical (unpaired) electrons. The molecule has 19 heavy (non-hydrogen) atoms. The highest BCUT2D eigenvalue weighted by atomic mass is 79.9. The highest BCUT2D eigenvalue weighted by Crippen LogP contribution is 2.30. The molecule has 0 aliphatic rings. The number of rotatable bonds is 3. The molecule has 1 nitrogen and oxygen atoms in total. The first kappa shape index (κ1) is 14.8. The minimum Gasteiger partial charge on any atom is -0.324 e. The lowest BCUT2D eigenvalue weighted by atomic mass is 9.99. The van der Waals surface area contributed by atoms with E-state index in [0.717, 1.165) is 11.1 Å². The van der Waals surface area contributed by atoms with Crippen LogP contribution in [0.1, 0.15) is 17.2 Å². The molecule has 0 spiro atoms. The van der Waals surface area contributed by atoms with Crippen LogP contribution in [0.5, 0.6) is 0 Å². The number of benzene rings is 2. The zero-order valence-corrected chi connectivity index (χ0v) is 12.9. The lowest BCUT2D eigenvalue weighted by molar-refractivity contribution is 0.621. The van der Waals surface area contributed by atoms with Crippen molar-refractivity contribution in [3.8, 4) is 0 Å². The van der Waals surface area contributed by atoms with E-state index in [1.807, 2.05) is 12.1 Å². The Kier molecular flexibility index (Phi) is 4.85. The van der Waals surface area contributed by atoms with E-state index >= 15 is 0 Å². The van der Waals surface area contributed by atoms with E-state index < -0.39 is 0 Å². The molecule has 2 N–H and O–H groups in total. The maximum Gasteiger partial charge on any atom is 0.124 e. The van der Waals surface area contributed by atoms with E-state index in [9.17, 15) is 4.39 Å². The fourth-order valence-electron chi connectivity index (χ4n) is 1.90. The molecule has 2 aromatic rings. The largest absolute Gasteiger partial charge is 0.324 e. The maximum absolute atomic E-state index is 13.3. The van der Waals surface area contributed by atoms with Crippen molar-refractivity contribution in [2.24, 2.45) is 5.73 Å². The van der Waals surface area contributed by atoms with Gasteiger partial charge in [0.25, 0.3) is 0 Å². The standard InChI is InChI=1S/C14H11BrCl2FN/c15-9-4-8(5-10(18)7-9)6-13(19)11-2-1-3-12(16)14(11)17/h1-5,7,13H,6,19H2. The van der Waals surface area contributed by atoms with Crippen molar-refractivity contribution in [1.29, 1.82) is 0 Å². The third kappa shape index (κ3) is 3.69. The van der Waals surface area contributed by atoms with Gasteiger partial charge in [0.15, 0.2) is 0 Å². The van der Waals surface area contributed by atoms with Crippen LogP contribution in [0.2, 0.25) is 10.0 Å². The highest BCUT2D eigenvalue weighted by molar-refractivity contribution is 9.10. The summed E-state index contributed by atoms with van der Waals surface area (Å²) in [6, 6.07) is 9.70. The summed E-state index contributed by atoms with van der Waals surface area (Å²) >= 11 is 15.3. The van der Waals surface area contributed by atoms with Gasteiger partial charge in [-0.3, -0.25) is 0 Å². The van der Waals surface area contributed by atoms with Crippen LogP contribution in [0, 0.1) is 5.82 Å². The molecule has 100 valence electrons. The second-order valence-electron chi connectivity index (χ2n) is 4.23. The number of halogens is 4. The summed E-state index contributed by atoms with van der Waals surface area (Å²) in [6.07, 6.45) is 0.483. The van der Waals surface area contributed by atoms with Gasteiger partial charge in [-0.1, -0.05) is 51.3 Å². The molecule has 0 aromatic heterocycles. The lowest BCUT2D eigenvalue weighted by Crippen LogP contribution is -2.14. The van der Waals surface area contributed by atoms with Gasteiger partial charge in [-0.05, 0) is 41.8 Å². The molecule has 2 aromatic carbocycles. The van der Waals surface area contributed by atoms with Gasteiger partial charge >= 0.3 is 0 Å². The minimum atomic E-state index is -0.333. The van der Waals surface area contributed by atoms with Crippen LogP contribution in [0.25, 0.3) is 0 Å². The van der Waals surface area contributed by atoms with Crippen molar-refractivity contribution in [2.45, 2.75) is 12.5 Å². The molecule has 1 unspecified atom stereocenters. The normalized spacial score (nSPS) is 12.5. The molecule has 0 bridgehead atoms. The Balaban J connectivity index is 2.25. The molecule has 0 aliphatic heterocycles. The smallest absolute Gasteiger partial charge is 0.124 e. The van der Waals surface area contributed by atoms with Crippen molar-refractivity contribution < 1.29 is 4.39 Å². The summed E-state index contributed by atoms with van der Waals surface area (Å²) in [4.78, 5) is 0. The predicted molar refractivity (Wildman–Crippen MR) is 81.2 cm³/mol. The van der Waals surface area contributed by atoms with E-state index in [2.05, 4.69) is 15.9 Å². The van der Waals surface area contributed by atoms with E-state index in [-0.39, 0.29) is 11.9 Å². The first-order chi connectivity index (χ1) is 8.97. The molecule has 0 aliphatic carbocycles. The number of hydrogen-bond donors (Lipinski definition) is 1. The van der Waals surface area contributed by atoms with Crippen LogP contribution in [0.3, 0.4) is 0 Å². The van der Waals surface area contributed by atoms with Crippen LogP contribution in [0.15, 0.2) is 40.9 Å². The lowest BCUT2D eigenvalue weighted by Gasteiger charge is -2.15. The van der Waals surface area contributed by atoms with E-state index in [1.54, 1.807) is 12.1 Å². The molecule has 0 amide bonds. The number of nitrogens with two attached hydrogens (primary N) is 1. The monoisotopic (exact) mass is 361 g/mol. The number of hydrogen-bond acceptors (Lipinski definition) is 1. The SMILES string of the molecule is NC(Cc1cc(F)cc(Br)c1)c1cccc(Cl)c1Cl. The molecular weight excluding hydrogens is 352 g/mol. The fourth-order valence-corrected chi connectivity index (χ4v) is 2.86. The molecule has 0 heterocycles. The highest BCUT2D eigenvalue weighted by Gasteiger charge is 2.13. The Labute approximate surface area is 129 Å². The molecule has 0 saturated carbocycles. The Bertz CT molecular complexity index is 584. The molecule has 2 rings (SSSR count). The summed E-state index contributed by atoms with van der Waals surface area (Å²) in [5, 5.41) is 0.919. The second-order valence-corrected chi connectivity index (χ2v) is 5.93. The van der Waals surface area contributed by atoms with Crippen LogP contribution >= 0.6 is 39.1 Å². The molecule has 0 saturated heterocycles. The summed E-state index contributed by atoms with van der Waals surface area (Å²) in [5.41, 5.74) is 7.68. The first-order valence-electron chi connectivity index (χ1n) is 5.62. The van der Waals surface area contributed by atoms with Crippen LogP contribution in [0.4, 0.5) is 4.39 Å². The van der Waals surface area contributed by atoms with Crippen LogP contribution in [-0.2, 0) is 6.42 Å². The predicted octanol–water partition coefficient (Wildman–Crippen LogP) is 5.14. The average molecular weight is 363 g/mol. The Hall–Kier alpha value is -0.610. The molecule has 1 atom stereocenters. The molecule has 0 fully saturated rings. The van der Waals surface area contributed by atoms with Gasteiger partial charge in [0.05, 0.1) is 10.0 Å².